The number of halogens is 1. The number of rotatable bonds is 4. The molecule has 0 saturated carbocycles. The summed E-state index contributed by atoms with van der Waals surface area (Å²) in [5.74, 6) is -0.479. The van der Waals surface area contributed by atoms with Crippen molar-refractivity contribution >= 4 is 49.1 Å². The molecule has 2 amide bonds. The number of carbonyl (C=O) groups excluding carboxylic acids is 2. The molecule has 3 heterocycles. The molecule has 2 aromatic carbocycles. The fraction of sp³-hybridized carbons (Fsp3) is 0.440. The van der Waals surface area contributed by atoms with Crippen LogP contribution in [-0.2, 0) is 32.5 Å². The highest BCUT2D eigenvalue weighted by molar-refractivity contribution is 9.10. The van der Waals surface area contributed by atoms with Gasteiger partial charge in [-0.05, 0) is 55.0 Å². The molecular formula is C25H28BrN3O4S. The van der Waals surface area contributed by atoms with E-state index < -0.39 is 10.0 Å². The van der Waals surface area contributed by atoms with Crippen molar-refractivity contribution < 1.29 is 18.0 Å². The number of para-hydroxylation sites is 1. The van der Waals surface area contributed by atoms with Gasteiger partial charge in [0.2, 0.25) is 21.8 Å². The molecule has 5 rings (SSSR count). The fourth-order valence-electron chi connectivity index (χ4n) is 5.40. The molecule has 3 aliphatic heterocycles. The summed E-state index contributed by atoms with van der Waals surface area (Å²) in [4.78, 5) is 29.6. The molecule has 0 aliphatic carbocycles. The van der Waals surface area contributed by atoms with Crippen LogP contribution in [0.5, 0.6) is 0 Å². The topological polar surface area (TPSA) is 78.0 Å². The van der Waals surface area contributed by atoms with Gasteiger partial charge >= 0.3 is 0 Å². The minimum absolute atomic E-state index is 0.00731. The summed E-state index contributed by atoms with van der Waals surface area (Å²) in [6, 6.07) is 11.4. The molecule has 180 valence electrons. The van der Waals surface area contributed by atoms with Crippen molar-refractivity contribution in [2.75, 3.05) is 36.0 Å². The third-order valence-electron chi connectivity index (χ3n) is 7.10. The number of piperidine rings is 1. The second-order valence-electron chi connectivity index (χ2n) is 9.13. The Morgan fingerprint density at radius 3 is 2.56 bits per heavy atom. The second-order valence-corrected chi connectivity index (χ2v) is 12.0. The van der Waals surface area contributed by atoms with Gasteiger partial charge in [0.25, 0.3) is 0 Å². The molecule has 34 heavy (non-hydrogen) atoms. The highest BCUT2D eigenvalue weighted by Gasteiger charge is 2.40. The van der Waals surface area contributed by atoms with Crippen molar-refractivity contribution in [1.29, 1.82) is 0 Å². The van der Waals surface area contributed by atoms with Crippen LogP contribution in [0.25, 0.3) is 0 Å². The largest absolute Gasteiger partial charge is 0.312 e. The summed E-state index contributed by atoms with van der Waals surface area (Å²) >= 11 is 3.45. The number of fused-ring (bicyclic) bond motifs is 2. The van der Waals surface area contributed by atoms with Gasteiger partial charge in [0.1, 0.15) is 4.90 Å². The van der Waals surface area contributed by atoms with E-state index in [1.807, 2.05) is 35.2 Å². The van der Waals surface area contributed by atoms with Crippen molar-refractivity contribution in [1.82, 2.24) is 4.31 Å². The van der Waals surface area contributed by atoms with Gasteiger partial charge in [-0.3, -0.25) is 9.59 Å². The van der Waals surface area contributed by atoms with Crippen LogP contribution < -0.4 is 9.80 Å². The average molecular weight is 546 g/mol. The maximum absolute atomic E-state index is 13.9. The molecule has 2 aromatic rings. The van der Waals surface area contributed by atoms with Crippen LogP contribution in [0.3, 0.4) is 0 Å². The predicted molar refractivity (Wildman–Crippen MR) is 134 cm³/mol. The molecule has 1 fully saturated rings. The Bertz CT molecular complexity index is 1260. The molecular weight excluding hydrogens is 518 g/mol. The van der Waals surface area contributed by atoms with E-state index in [4.69, 9.17) is 0 Å². The molecule has 0 bridgehead atoms. The first-order valence-electron chi connectivity index (χ1n) is 11.8. The summed E-state index contributed by atoms with van der Waals surface area (Å²) in [7, 11) is -3.90. The molecule has 3 aliphatic rings. The first-order chi connectivity index (χ1) is 16.3. The van der Waals surface area contributed by atoms with Gasteiger partial charge in [-0.2, -0.15) is 4.31 Å². The second kappa shape index (κ2) is 9.09. The van der Waals surface area contributed by atoms with E-state index in [9.17, 15) is 18.0 Å². The van der Waals surface area contributed by atoms with Gasteiger partial charge in [-0.25, -0.2) is 8.42 Å². The van der Waals surface area contributed by atoms with Crippen LogP contribution in [-0.4, -0.2) is 50.7 Å². The van der Waals surface area contributed by atoms with Crippen LogP contribution in [0.2, 0.25) is 0 Å². The van der Waals surface area contributed by atoms with Crippen molar-refractivity contribution in [3.8, 4) is 0 Å². The Morgan fingerprint density at radius 1 is 1.03 bits per heavy atom. The van der Waals surface area contributed by atoms with Crippen LogP contribution in [0.4, 0.5) is 11.4 Å². The van der Waals surface area contributed by atoms with Gasteiger partial charge in [-0.15, -0.1) is 0 Å². The van der Waals surface area contributed by atoms with E-state index in [1.54, 1.807) is 17.9 Å². The normalized spacial score (nSPS) is 20.4. The monoisotopic (exact) mass is 545 g/mol. The molecule has 0 N–H and O–H groups in total. The van der Waals surface area contributed by atoms with Gasteiger partial charge < -0.3 is 9.80 Å². The van der Waals surface area contributed by atoms with E-state index in [1.165, 1.54) is 4.31 Å². The zero-order valence-electron chi connectivity index (χ0n) is 19.2. The van der Waals surface area contributed by atoms with Gasteiger partial charge in [0, 0.05) is 42.8 Å². The first-order valence-corrected chi connectivity index (χ1v) is 14.1. The smallest absolute Gasteiger partial charge is 0.245 e. The number of anilines is 2. The standard InChI is InChI=1S/C25H28BrN3O4S/c1-2-23(30)29-13-10-18-14-20(26)15-22(24(18)29)34(32,33)27-11-5-7-19(16-27)25(31)28-12-9-17-6-3-4-8-21(17)28/h3-4,6,8,14-15,19H,2,5,7,9-13,16H2,1H3/t19-/m0/s1. The highest BCUT2D eigenvalue weighted by Crippen LogP contribution is 2.40. The molecule has 9 heteroatoms. The Morgan fingerprint density at radius 2 is 1.76 bits per heavy atom. The number of benzene rings is 2. The van der Waals surface area contributed by atoms with E-state index in [0.29, 0.717) is 55.5 Å². The van der Waals surface area contributed by atoms with Crippen LogP contribution in [0.1, 0.15) is 37.3 Å². The molecule has 0 unspecified atom stereocenters. The molecule has 0 spiro atoms. The van der Waals surface area contributed by atoms with Crippen molar-refractivity contribution in [2.45, 2.75) is 43.9 Å². The van der Waals surface area contributed by atoms with Crippen LogP contribution in [0, 0.1) is 5.92 Å². The van der Waals surface area contributed by atoms with Gasteiger partial charge in [0.15, 0.2) is 0 Å². The molecule has 0 radical (unpaired) electrons. The summed E-state index contributed by atoms with van der Waals surface area (Å²) in [6.07, 6.45) is 3.05. The highest BCUT2D eigenvalue weighted by atomic mass is 79.9. The van der Waals surface area contributed by atoms with E-state index >= 15 is 0 Å². The number of nitrogens with zero attached hydrogens (tertiary/aromatic N) is 3. The van der Waals surface area contributed by atoms with Crippen LogP contribution in [0.15, 0.2) is 45.8 Å². The SMILES string of the molecule is CCC(=O)N1CCc2cc(Br)cc(S(=O)(=O)N3CCC[C@H](C(=O)N4CCc5ccccc54)C3)c21. The Labute approximate surface area is 208 Å². The zero-order chi connectivity index (χ0) is 24.0. The third kappa shape index (κ3) is 3.97. The zero-order valence-corrected chi connectivity index (χ0v) is 21.6. The van der Waals surface area contributed by atoms with Gasteiger partial charge in [0.05, 0.1) is 11.6 Å². The Balaban J connectivity index is 1.44. The summed E-state index contributed by atoms with van der Waals surface area (Å²) in [6.45, 7) is 3.42. The lowest BCUT2D eigenvalue weighted by atomic mass is 9.98. The quantitative estimate of drug-likeness (QED) is 0.586. The van der Waals surface area contributed by atoms with Crippen molar-refractivity contribution in [3.63, 3.8) is 0 Å². The Hall–Kier alpha value is -2.23. The van der Waals surface area contributed by atoms with E-state index in [-0.39, 0.29) is 29.2 Å². The number of hydrogen-bond acceptors (Lipinski definition) is 4. The van der Waals surface area contributed by atoms with Crippen molar-refractivity contribution in [2.24, 2.45) is 5.92 Å². The number of sulfonamides is 1. The lowest BCUT2D eigenvalue weighted by molar-refractivity contribution is -0.123. The first kappa shape index (κ1) is 23.5. The predicted octanol–water partition coefficient (Wildman–Crippen LogP) is 3.74. The minimum atomic E-state index is -3.90. The summed E-state index contributed by atoms with van der Waals surface area (Å²) in [5, 5.41) is 0. The molecule has 7 nitrogen and oxygen atoms in total. The number of hydrogen-bond donors (Lipinski definition) is 0. The lowest BCUT2D eigenvalue weighted by Gasteiger charge is -2.34. The third-order valence-corrected chi connectivity index (χ3v) is 9.44. The number of carbonyl (C=O) groups is 2. The maximum Gasteiger partial charge on any atom is 0.245 e. The molecule has 1 atom stereocenters. The number of amides is 2. The fourth-order valence-corrected chi connectivity index (χ4v) is 7.84. The molecule has 1 saturated heterocycles. The average Bonchev–Trinajstić information content (AvgIpc) is 3.47. The maximum atomic E-state index is 13.9. The van der Waals surface area contributed by atoms with Crippen LogP contribution >= 0.6 is 15.9 Å². The minimum Gasteiger partial charge on any atom is -0.312 e. The molecule has 0 aromatic heterocycles. The Kier molecular flexibility index (Phi) is 6.29. The van der Waals surface area contributed by atoms with Gasteiger partial charge in [-0.1, -0.05) is 41.1 Å². The van der Waals surface area contributed by atoms with E-state index in [0.717, 1.165) is 23.2 Å². The summed E-state index contributed by atoms with van der Waals surface area (Å²) in [5.41, 5.74) is 3.44. The summed E-state index contributed by atoms with van der Waals surface area (Å²) < 4.78 is 29.9. The van der Waals surface area contributed by atoms with Crippen molar-refractivity contribution in [3.05, 3.63) is 52.0 Å². The lowest BCUT2D eigenvalue weighted by Crippen LogP contribution is -2.46. The van der Waals surface area contributed by atoms with E-state index in [2.05, 4.69) is 15.9 Å².